The van der Waals surface area contributed by atoms with E-state index < -0.39 is 17.7 Å². The molecule has 0 saturated carbocycles. The molecule has 0 atom stereocenters. The summed E-state index contributed by atoms with van der Waals surface area (Å²) in [7, 11) is 0. The van der Waals surface area contributed by atoms with Gasteiger partial charge in [-0.15, -0.1) is 11.3 Å². The third-order valence-corrected chi connectivity index (χ3v) is 3.66. The summed E-state index contributed by atoms with van der Waals surface area (Å²) >= 11 is 1.13. The summed E-state index contributed by atoms with van der Waals surface area (Å²) in [5, 5.41) is 11.0. The quantitative estimate of drug-likeness (QED) is 0.849. The van der Waals surface area contributed by atoms with Crippen molar-refractivity contribution in [2.45, 2.75) is 6.92 Å². The second kappa shape index (κ2) is 6.32. The second-order valence-corrected chi connectivity index (χ2v) is 5.43. The Kier molecular flexibility index (Phi) is 4.49. The van der Waals surface area contributed by atoms with E-state index in [4.69, 9.17) is 5.11 Å². The van der Waals surface area contributed by atoms with Crippen LogP contribution in [0.4, 0.5) is 10.1 Å². The molecule has 2 N–H and O–H groups in total. The molecule has 0 aliphatic carbocycles. The number of halogens is 1. The fraction of sp³-hybridized carbons (Fsp3) is 0.0667. The molecule has 0 saturated heterocycles. The first kappa shape index (κ1) is 14.9. The third kappa shape index (κ3) is 4.00. The van der Waals surface area contributed by atoms with Crippen LogP contribution in [0.3, 0.4) is 0 Å². The molecule has 1 heterocycles. The van der Waals surface area contributed by atoms with Crippen LogP contribution in [0.1, 0.15) is 20.1 Å². The lowest BCUT2D eigenvalue weighted by Crippen LogP contribution is -2.11. The van der Waals surface area contributed by atoms with Crippen LogP contribution in [-0.2, 0) is 4.79 Å². The summed E-state index contributed by atoms with van der Waals surface area (Å²) in [4.78, 5) is 23.4. The SMILES string of the molecule is Cc1ccc(F)c(NC(=O)c2ccc(C=CC(=O)O)s2)c1. The van der Waals surface area contributed by atoms with Gasteiger partial charge in [0.05, 0.1) is 10.6 Å². The molecule has 0 bridgehead atoms. The molecule has 21 heavy (non-hydrogen) atoms. The maximum absolute atomic E-state index is 13.6. The molecule has 2 rings (SSSR count). The standard InChI is InChI=1S/C15H12FNO3S/c1-9-2-5-11(16)12(8-9)17-15(20)13-6-3-10(21-13)4-7-14(18)19/h2-8H,1H3,(H,17,20)(H,18,19). The van der Waals surface area contributed by atoms with E-state index in [9.17, 15) is 14.0 Å². The van der Waals surface area contributed by atoms with Gasteiger partial charge in [0.15, 0.2) is 0 Å². The maximum Gasteiger partial charge on any atom is 0.328 e. The molecule has 0 aliphatic heterocycles. The number of carbonyl (C=O) groups excluding carboxylic acids is 1. The lowest BCUT2D eigenvalue weighted by molar-refractivity contribution is -0.131. The van der Waals surface area contributed by atoms with Crippen molar-refractivity contribution in [3.05, 3.63) is 57.5 Å². The lowest BCUT2D eigenvalue weighted by atomic mass is 10.2. The Morgan fingerprint density at radius 2 is 2.05 bits per heavy atom. The lowest BCUT2D eigenvalue weighted by Gasteiger charge is -2.05. The normalized spacial score (nSPS) is 10.8. The van der Waals surface area contributed by atoms with Crippen molar-refractivity contribution in [3.63, 3.8) is 0 Å². The molecular formula is C15H12FNO3S. The number of benzene rings is 1. The molecule has 6 heteroatoms. The average Bonchev–Trinajstić information content (AvgIpc) is 2.89. The number of hydrogen-bond donors (Lipinski definition) is 2. The van der Waals surface area contributed by atoms with E-state index in [-0.39, 0.29) is 5.69 Å². The molecule has 0 radical (unpaired) electrons. The smallest absolute Gasteiger partial charge is 0.328 e. The number of carboxylic acid groups (broad SMARTS) is 1. The van der Waals surface area contributed by atoms with Crippen LogP contribution < -0.4 is 5.32 Å². The molecule has 1 aromatic carbocycles. The van der Waals surface area contributed by atoms with Crippen molar-refractivity contribution in [2.24, 2.45) is 0 Å². The summed E-state index contributed by atoms with van der Waals surface area (Å²) in [6.07, 6.45) is 2.39. The number of hydrogen-bond acceptors (Lipinski definition) is 3. The van der Waals surface area contributed by atoms with Crippen molar-refractivity contribution in [1.82, 2.24) is 0 Å². The van der Waals surface area contributed by atoms with Gasteiger partial charge in [0.2, 0.25) is 0 Å². The van der Waals surface area contributed by atoms with Crippen molar-refractivity contribution < 1.29 is 19.1 Å². The van der Waals surface area contributed by atoms with Crippen molar-refractivity contribution in [1.29, 1.82) is 0 Å². The van der Waals surface area contributed by atoms with E-state index in [1.807, 2.05) is 0 Å². The largest absolute Gasteiger partial charge is 0.478 e. The Morgan fingerprint density at radius 3 is 2.76 bits per heavy atom. The number of nitrogens with one attached hydrogen (secondary N) is 1. The van der Waals surface area contributed by atoms with E-state index in [2.05, 4.69) is 5.32 Å². The Morgan fingerprint density at radius 1 is 1.29 bits per heavy atom. The van der Waals surface area contributed by atoms with Gasteiger partial charge in [0.1, 0.15) is 5.82 Å². The number of aryl methyl sites for hydroxylation is 1. The minimum Gasteiger partial charge on any atom is -0.478 e. The number of carbonyl (C=O) groups is 2. The third-order valence-electron chi connectivity index (χ3n) is 2.61. The van der Waals surface area contributed by atoms with E-state index in [0.29, 0.717) is 9.75 Å². The second-order valence-electron chi connectivity index (χ2n) is 4.31. The molecule has 0 fully saturated rings. The minimum atomic E-state index is -1.06. The first-order valence-corrected chi connectivity index (χ1v) is 6.85. The monoisotopic (exact) mass is 305 g/mol. The van der Waals surface area contributed by atoms with Crippen molar-refractivity contribution >= 4 is 35.0 Å². The zero-order chi connectivity index (χ0) is 15.4. The van der Waals surface area contributed by atoms with Gasteiger partial charge < -0.3 is 10.4 Å². The number of anilines is 1. The highest BCUT2D eigenvalue weighted by Gasteiger charge is 2.11. The number of amides is 1. The molecule has 4 nitrogen and oxygen atoms in total. The zero-order valence-electron chi connectivity index (χ0n) is 11.1. The molecule has 0 aliphatic rings. The van der Waals surface area contributed by atoms with Gasteiger partial charge in [-0.05, 0) is 42.8 Å². The number of carboxylic acids is 1. The Labute approximate surface area is 124 Å². The Hall–Kier alpha value is -2.47. The summed E-state index contributed by atoms with van der Waals surface area (Å²) in [5.41, 5.74) is 0.957. The Balaban J connectivity index is 2.14. The van der Waals surface area contributed by atoms with Gasteiger partial charge in [0, 0.05) is 11.0 Å². The van der Waals surface area contributed by atoms with Crippen LogP contribution in [0, 0.1) is 12.7 Å². The molecule has 0 unspecified atom stereocenters. The van der Waals surface area contributed by atoms with Gasteiger partial charge in [-0.25, -0.2) is 9.18 Å². The number of aliphatic carboxylic acids is 1. The average molecular weight is 305 g/mol. The van der Waals surface area contributed by atoms with Gasteiger partial charge >= 0.3 is 5.97 Å². The van der Waals surface area contributed by atoms with Crippen LogP contribution in [0.2, 0.25) is 0 Å². The predicted octanol–water partition coefficient (Wildman–Crippen LogP) is 3.55. The van der Waals surface area contributed by atoms with Gasteiger partial charge in [0.25, 0.3) is 5.91 Å². The fourth-order valence-electron chi connectivity index (χ4n) is 1.64. The molecule has 108 valence electrons. The maximum atomic E-state index is 13.6. The summed E-state index contributed by atoms with van der Waals surface area (Å²) in [5.74, 6) is -1.99. The zero-order valence-corrected chi connectivity index (χ0v) is 11.9. The molecule has 1 aromatic heterocycles. The number of thiophene rings is 1. The Bertz CT molecular complexity index is 721. The molecular weight excluding hydrogens is 293 g/mol. The summed E-state index contributed by atoms with van der Waals surface area (Å²) < 4.78 is 13.6. The van der Waals surface area contributed by atoms with Gasteiger partial charge in [-0.1, -0.05) is 6.07 Å². The van der Waals surface area contributed by atoms with E-state index >= 15 is 0 Å². The van der Waals surface area contributed by atoms with Crippen molar-refractivity contribution in [3.8, 4) is 0 Å². The summed E-state index contributed by atoms with van der Waals surface area (Å²) in [6.45, 7) is 1.80. The van der Waals surface area contributed by atoms with E-state index in [1.54, 1.807) is 31.2 Å². The molecule has 0 spiro atoms. The van der Waals surface area contributed by atoms with Crippen LogP contribution in [0.15, 0.2) is 36.4 Å². The highest BCUT2D eigenvalue weighted by Crippen LogP contribution is 2.21. The first-order valence-electron chi connectivity index (χ1n) is 6.04. The summed E-state index contributed by atoms with van der Waals surface area (Å²) in [6, 6.07) is 7.65. The van der Waals surface area contributed by atoms with E-state index in [1.165, 1.54) is 12.1 Å². The van der Waals surface area contributed by atoms with E-state index in [0.717, 1.165) is 23.0 Å². The highest BCUT2D eigenvalue weighted by molar-refractivity contribution is 7.15. The van der Waals surface area contributed by atoms with Crippen molar-refractivity contribution in [2.75, 3.05) is 5.32 Å². The topological polar surface area (TPSA) is 66.4 Å². The first-order chi connectivity index (χ1) is 9.95. The van der Waals surface area contributed by atoms with Gasteiger partial charge in [-0.2, -0.15) is 0 Å². The molecule has 2 aromatic rings. The van der Waals surface area contributed by atoms with Crippen LogP contribution in [0.5, 0.6) is 0 Å². The molecule has 1 amide bonds. The van der Waals surface area contributed by atoms with Crippen LogP contribution >= 0.6 is 11.3 Å². The van der Waals surface area contributed by atoms with Gasteiger partial charge in [-0.3, -0.25) is 4.79 Å². The highest BCUT2D eigenvalue weighted by atomic mass is 32.1. The minimum absolute atomic E-state index is 0.121. The predicted molar refractivity (Wildman–Crippen MR) is 80.1 cm³/mol. The number of rotatable bonds is 4. The van der Waals surface area contributed by atoms with Crippen LogP contribution in [-0.4, -0.2) is 17.0 Å². The fourth-order valence-corrected chi connectivity index (χ4v) is 2.44. The van der Waals surface area contributed by atoms with Crippen LogP contribution in [0.25, 0.3) is 6.08 Å².